The normalized spacial score (nSPS) is 24.1. The molecule has 1 atom stereocenters. The number of carbonyl (C=O) groups is 1. The third kappa shape index (κ3) is 2.63. The molecule has 4 heteroatoms. The van der Waals surface area contributed by atoms with Crippen molar-refractivity contribution in [3.63, 3.8) is 0 Å². The number of nitrogens with zero attached hydrogens (tertiary/aromatic N) is 2. The first-order valence-electron chi connectivity index (χ1n) is 7.74. The molecule has 21 heavy (non-hydrogen) atoms. The molecule has 1 aromatic heterocycles. The number of rotatable bonds is 1. The van der Waals surface area contributed by atoms with E-state index in [1.165, 1.54) is 10.6 Å². The summed E-state index contributed by atoms with van der Waals surface area (Å²) in [6, 6.07) is 6.34. The summed E-state index contributed by atoms with van der Waals surface area (Å²) < 4.78 is 0. The Balaban J connectivity index is 1.71. The average Bonchev–Trinajstić information content (AvgIpc) is 2.81. The van der Waals surface area contributed by atoms with E-state index < -0.39 is 6.09 Å². The molecular formula is C17H24N2O2. The number of amides is 1. The van der Waals surface area contributed by atoms with E-state index in [1.54, 1.807) is 0 Å². The third-order valence-electron chi connectivity index (χ3n) is 4.98. The van der Waals surface area contributed by atoms with E-state index in [4.69, 9.17) is 10.1 Å². The Kier molecular flexibility index (Phi) is 3.23. The van der Waals surface area contributed by atoms with Crippen molar-refractivity contribution in [1.29, 1.82) is 0 Å². The number of pyridine rings is 1. The van der Waals surface area contributed by atoms with Crippen LogP contribution in [0.3, 0.4) is 0 Å². The van der Waals surface area contributed by atoms with Crippen molar-refractivity contribution in [3.8, 4) is 0 Å². The second-order valence-electron chi connectivity index (χ2n) is 7.78. The summed E-state index contributed by atoms with van der Waals surface area (Å²) in [5, 5.41) is 9.00. The van der Waals surface area contributed by atoms with Gasteiger partial charge in [0.05, 0.1) is 0 Å². The minimum absolute atomic E-state index is 0.0723. The van der Waals surface area contributed by atoms with Crippen LogP contribution in [-0.4, -0.2) is 34.2 Å². The molecule has 2 heterocycles. The molecule has 1 spiro atoms. The lowest BCUT2D eigenvalue weighted by Gasteiger charge is -2.46. The molecule has 1 saturated carbocycles. The zero-order valence-corrected chi connectivity index (χ0v) is 13.1. The standard InChI is InChI=1S/C17H24N2O2/c1-16(2,3)14-6-4-5-13(18-14)12-7-8-17(9-12)10-19(11-17)15(20)21/h4-6,12H,7-11H2,1-3H3,(H,20,21). The first-order chi connectivity index (χ1) is 9.79. The molecule has 1 aliphatic carbocycles. The SMILES string of the molecule is CC(C)(C)c1cccc(C2CCC3(C2)CN(C(=O)O)C3)n1. The van der Waals surface area contributed by atoms with Crippen molar-refractivity contribution >= 4 is 6.09 Å². The van der Waals surface area contributed by atoms with Gasteiger partial charge in [0.15, 0.2) is 0 Å². The molecule has 0 aromatic carbocycles. The Morgan fingerprint density at radius 2 is 2.10 bits per heavy atom. The van der Waals surface area contributed by atoms with Crippen LogP contribution in [-0.2, 0) is 5.41 Å². The van der Waals surface area contributed by atoms with Crippen molar-refractivity contribution in [2.24, 2.45) is 5.41 Å². The van der Waals surface area contributed by atoms with Gasteiger partial charge in [-0.2, -0.15) is 0 Å². The van der Waals surface area contributed by atoms with Crippen LogP contribution >= 0.6 is 0 Å². The quantitative estimate of drug-likeness (QED) is 0.858. The molecule has 3 rings (SSSR count). The van der Waals surface area contributed by atoms with Gasteiger partial charge >= 0.3 is 6.09 Å². The van der Waals surface area contributed by atoms with Crippen molar-refractivity contribution in [3.05, 3.63) is 29.6 Å². The lowest BCUT2D eigenvalue weighted by Crippen LogP contribution is -2.56. The van der Waals surface area contributed by atoms with Crippen LogP contribution in [0, 0.1) is 5.41 Å². The minimum Gasteiger partial charge on any atom is -0.465 e. The van der Waals surface area contributed by atoms with Crippen molar-refractivity contribution in [2.75, 3.05) is 13.1 Å². The van der Waals surface area contributed by atoms with E-state index in [0.717, 1.165) is 25.0 Å². The minimum atomic E-state index is -0.781. The summed E-state index contributed by atoms with van der Waals surface area (Å²) in [6.07, 6.45) is 2.56. The van der Waals surface area contributed by atoms with E-state index in [2.05, 4.69) is 39.0 Å². The molecule has 1 N–H and O–H groups in total. The molecule has 1 saturated heterocycles. The molecule has 0 bridgehead atoms. The second kappa shape index (κ2) is 4.72. The zero-order chi connectivity index (χ0) is 15.3. The van der Waals surface area contributed by atoms with Gasteiger partial charge in [-0.15, -0.1) is 0 Å². The fourth-order valence-electron chi connectivity index (χ4n) is 3.74. The summed E-state index contributed by atoms with van der Waals surface area (Å²) in [6.45, 7) is 7.97. The number of carboxylic acid groups (broad SMARTS) is 1. The number of hydrogen-bond acceptors (Lipinski definition) is 2. The van der Waals surface area contributed by atoms with Gasteiger partial charge in [0.2, 0.25) is 0 Å². The first kappa shape index (κ1) is 14.4. The molecular weight excluding hydrogens is 264 g/mol. The van der Waals surface area contributed by atoms with E-state index in [1.807, 2.05) is 0 Å². The molecule has 2 fully saturated rings. The van der Waals surface area contributed by atoms with Crippen molar-refractivity contribution in [1.82, 2.24) is 9.88 Å². The van der Waals surface area contributed by atoms with Crippen LogP contribution in [0.4, 0.5) is 4.79 Å². The Labute approximate surface area is 126 Å². The van der Waals surface area contributed by atoms with Crippen LogP contribution in [0.25, 0.3) is 0 Å². The van der Waals surface area contributed by atoms with Crippen molar-refractivity contribution in [2.45, 2.75) is 51.4 Å². The Morgan fingerprint density at radius 1 is 1.38 bits per heavy atom. The average molecular weight is 288 g/mol. The van der Waals surface area contributed by atoms with Crippen molar-refractivity contribution < 1.29 is 9.90 Å². The van der Waals surface area contributed by atoms with E-state index in [9.17, 15) is 4.79 Å². The number of likely N-dealkylation sites (tertiary alicyclic amines) is 1. The Hall–Kier alpha value is -1.58. The summed E-state index contributed by atoms with van der Waals surface area (Å²) in [7, 11) is 0. The smallest absolute Gasteiger partial charge is 0.407 e. The molecule has 1 aromatic rings. The van der Waals surface area contributed by atoms with Gasteiger partial charge in [0.1, 0.15) is 0 Å². The summed E-state index contributed by atoms with van der Waals surface area (Å²) >= 11 is 0. The second-order valence-corrected chi connectivity index (χ2v) is 7.78. The van der Waals surface area contributed by atoms with Gasteiger partial charge in [-0.1, -0.05) is 26.8 Å². The highest BCUT2D eigenvalue weighted by molar-refractivity contribution is 5.66. The molecule has 1 aliphatic heterocycles. The maximum atomic E-state index is 10.9. The molecule has 4 nitrogen and oxygen atoms in total. The maximum absolute atomic E-state index is 10.9. The highest BCUT2D eigenvalue weighted by atomic mass is 16.4. The molecule has 1 amide bonds. The van der Waals surface area contributed by atoms with Gasteiger partial charge in [0.25, 0.3) is 0 Å². The van der Waals surface area contributed by atoms with Gasteiger partial charge in [-0.25, -0.2) is 4.79 Å². The Bertz CT molecular complexity index is 556. The van der Waals surface area contributed by atoms with Gasteiger partial charge in [-0.3, -0.25) is 4.98 Å². The fourth-order valence-corrected chi connectivity index (χ4v) is 3.74. The predicted molar refractivity (Wildman–Crippen MR) is 81.6 cm³/mol. The van der Waals surface area contributed by atoms with E-state index >= 15 is 0 Å². The summed E-state index contributed by atoms with van der Waals surface area (Å²) in [4.78, 5) is 17.3. The summed E-state index contributed by atoms with van der Waals surface area (Å²) in [5.74, 6) is 0.489. The monoisotopic (exact) mass is 288 g/mol. The number of hydrogen-bond donors (Lipinski definition) is 1. The van der Waals surface area contributed by atoms with E-state index in [0.29, 0.717) is 19.0 Å². The highest BCUT2D eigenvalue weighted by Gasteiger charge is 2.50. The predicted octanol–water partition coefficient (Wildman–Crippen LogP) is 3.63. The molecule has 1 unspecified atom stereocenters. The van der Waals surface area contributed by atoms with Crippen LogP contribution in [0.1, 0.15) is 57.3 Å². The van der Waals surface area contributed by atoms with Gasteiger partial charge in [0, 0.05) is 41.2 Å². The van der Waals surface area contributed by atoms with Crippen LogP contribution in [0.5, 0.6) is 0 Å². The fraction of sp³-hybridized carbons (Fsp3) is 0.647. The number of aromatic nitrogens is 1. The van der Waals surface area contributed by atoms with Gasteiger partial charge < -0.3 is 10.0 Å². The van der Waals surface area contributed by atoms with E-state index in [-0.39, 0.29) is 10.8 Å². The lowest BCUT2D eigenvalue weighted by molar-refractivity contribution is 0.0141. The first-order valence-corrected chi connectivity index (χ1v) is 7.74. The zero-order valence-electron chi connectivity index (χ0n) is 13.1. The van der Waals surface area contributed by atoms with Crippen LogP contribution < -0.4 is 0 Å². The molecule has 0 radical (unpaired) electrons. The molecule has 2 aliphatic rings. The Morgan fingerprint density at radius 3 is 2.71 bits per heavy atom. The summed E-state index contributed by atoms with van der Waals surface area (Å²) in [5.41, 5.74) is 2.63. The van der Waals surface area contributed by atoms with Crippen LogP contribution in [0.15, 0.2) is 18.2 Å². The highest BCUT2D eigenvalue weighted by Crippen LogP contribution is 2.51. The van der Waals surface area contributed by atoms with Crippen LogP contribution in [0.2, 0.25) is 0 Å². The maximum Gasteiger partial charge on any atom is 0.407 e. The third-order valence-corrected chi connectivity index (χ3v) is 4.98. The lowest BCUT2D eigenvalue weighted by atomic mass is 9.77. The van der Waals surface area contributed by atoms with Gasteiger partial charge in [-0.05, 0) is 31.4 Å². The molecule has 114 valence electrons. The largest absolute Gasteiger partial charge is 0.465 e. The topological polar surface area (TPSA) is 53.4 Å².